The maximum atomic E-state index is 5.98. The van der Waals surface area contributed by atoms with E-state index in [1.54, 1.807) is 6.07 Å². The van der Waals surface area contributed by atoms with Crippen LogP contribution in [0.3, 0.4) is 0 Å². The summed E-state index contributed by atoms with van der Waals surface area (Å²) in [6, 6.07) is 1.67. The predicted molar refractivity (Wildman–Crippen MR) is 69.9 cm³/mol. The quantitative estimate of drug-likeness (QED) is 0.535. The standard InChI is InChI=1S/C11H14N6/c1-5-9(14)7(2-8(13)10(5)15)11-16-3-6(12)4-17-11/h2-4H,12-15H2,1H3. The van der Waals surface area contributed by atoms with Crippen LogP contribution in [0.1, 0.15) is 5.56 Å². The van der Waals surface area contributed by atoms with E-state index in [9.17, 15) is 0 Å². The Kier molecular flexibility index (Phi) is 2.47. The molecule has 2 rings (SSSR count). The minimum Gasteiger partial charge on any atom is -0.398 e. The Morgan fingerprint density at radius 1 is 0.941 bits per heavy atom. The van der Waals surface area contributed by atoms with Crippen LogP contribution in [0, 0.1) is 6.92 Å². The molecule has 8 N–H and O–H groups in total. The SMILES string of the molecule is Cc1c(N)c(N)cc(-c2ncc(N)cn2)c1N. The van der Waals surface area contributed by atoms with Gasteiger partial charge in [0.05, 0.1) is 29.5 Å². The first-order valence-electron chi connectivity index (χ1n) is 5.02. The van der Waals surface area contributed by atoms with Crippen molar-refractivity contribution in [1.82, 2.24) is 9.97 Å². The minimum absolute atomic E-state index is 0.465. The fraction of sp³-hybridized carbons (Fsp3) is 0.0909. The molecule has 17 heavy (non-hydrogen) atoms. The number of hydrogen-bond acceptors (Lipinski definition) is 6. The van der Waals surface area contributed by atoms with Gasteiger partial charge in [0.25, 0.3) is 0 Å². The third-order valence-corrected chi connectivity index (χ3v) is 2.62. The molecule has 1 heterocycles. The second kappa shape index (κ2) is 3.82. The van der Waals surface area contributed by atoms with E-state index in [-0.39, 0.29) is 0 Å². The zero-order valence-corrected chi connectivity index (χ0v) is 9.44. The van der Waals surface area contributed by atoms with Gasteiger partial charge in [0, 0.05) is 11.3 Å². The smallest absolute Gasteiger partial charge is 0.161 e. The van der Waals surface area contributed by atoms with Crippen molar-refractivity contribution in [3.8, 4) is 11.4 Å². The van der Waals surface area contributed by atoms with Crippen LogP contribution in [0.25, 0.3) is 11.4 Å². The molecule has 1 aromatic heterocycles. The van der Waals surface area contributed by atoms with Crippen LogP contribution in [0.4, 0.5) is 22.7 Å². The number of aromatic nitrogens is 2. The number of benzene rings is 1. The second-order valence-electron chi connectivity index (χ2n) is 3.81. The Labute approximate surface area is 98.7 Å². The van der Waals surface area contributed by atoms with E-state index in [0.29, 0.717) is 34.1 Å². The Morgan fingerprint density at radius 2 is 1.53 bits per heavy atom. The Bertz CT molecular complexity index is 561. The molecule has 88 valence electrons. The van der Waals surface area contributed by atoms with Gasteiger partial charge in [-0.25, -0.2) is 9.97 Å². The van der Waals surface area contributed by atoms with Gasteiger partial charge in [-0.1, -0.05) is 0 Å². The molecule has 1 aromatic carbocycles. The first-order valence-corrected chi connectivity index (χ1v) is 5.02. The fourth-order valence-corrected chi connectivity index (χ4v) is 1.54. The summed E-state index contributed by atoms with van der Waals surface area (Å²) in [5, 5.41) is 0. The zero-order valence-electron chi connectivity index (χ0n) is 9.44. The lowest BCUT2D eigenvalue weighted by molar-refractivity contribution is 1.18. The van der Waals surface area contributed by atoms with E-state index >= 15 is 0 Å². The lowest BCUT2D eigenvalue weighted by atomic mass is 10.0. The molecule has 2 aromatic rings. The lowest BCUT2D eigenvalue weighted by Crippen LogP contribution is -2.04. The van der Waals surface area contributed by atoms with E-state index < -0.39 is 0 Å². The molecule has 0 fully saturated rings. The summed E-state index contributed by atoms with van der Waals surface area (Å²) in [7, 11) is 0. The highest BCUT2D eigenvalue weighted by Gasteiger charge is 2.12. The first-order chi connectivity index (χ1) is 8.00. The molecule has 0 saturated carbocycles. The van der Waals surface area contributed by atoms with Crippen LogP contribution in [0.15, 0.2) is 18.5 Å². The highest BCUT2D eigenvalue weighted by molar-refractivity contribution is 5.86. The van der Waals surface area contributed by atoms with E-state index in [2.05, 4.69) is 9.97 Å². The van der Waals surface area contributed by atoms with Crippen molar-refractivity contribution < 1.29 is 0 Å². The number of nitrogens with zero attached hydrogens (tertiary/aromatic N) is 2. The molecule has 0 unspecified atom stereocenters. The van der Waals surface area contributed by atoms with Crippen molar-refractivity contribution in [3.05, 3.63) is 24.0 Å². The van der Waals surface area contributed by atoms with E-state index in [1.807, 2.05) is 6.92 Å². The number of nitrogen functional groups attached to an aromatic ring is 4. The normalized spacial score (nSPS) is 10.4. The molecular formula is C11H14N6. The molecule has 6 heteroatoms. The summed E-state index contributed by atoms with van der Waals surface area (Å²) in [6.07, 6.45) is 3.04. The molecule has 0 atom stereocenters. The largest absolute Gasteiger partial charge is 0.398 e. The second-order valence-corrected chi connectivity index (χ2v) is 3.81. The Morgan fingerprint density at radius 3 is 2.12 bits per heavy atom. The number of nitrogens with two attached hydrogens (primary N) is 4. The predicted octanol–water partition coefficient (Wildman–Crippen LogP) is 0.781. The molecular weight excluding hydrogens is 216 g/mol. The summed E-state index contributed by atoms with van der Waals surface area (Å²) in [4.78, 5) is 8.22. The zero-order chi connectivity index (χ0) is 12.6. The molecule has 0 amide bonds. The summed E-state index contributed by atoms with van der Waals surface area (Å²) < 4.78 is 0. The van der Waals surface area contributed by atoms with E-state index in [1.165, 1.54) is 12.4 Å². The van der Waals surface area contributed by atoms with Gasteiger partial charge in [0.15, 0.2) is 5.82 Å². The van der Waals surface area contributed by atoms with Gasteiger partial charge in [-0.05, 0) is 18.6 Å². The van der Waals surface area contributed by atoms with Crippen LogP contribution in [-0.4, -0.2) is 9.97 Å². The molecule has 0 radical (unpaired) electrons. The third kappa shape index (κ3) is 1.80. The maximum Gasteiger partial charge on any atom is 0.161 e. The molecule has 0 aliphatic heterocycles. The number of rotatable bonds is 1. The number of anilines is 4. The van der Waals surface area contributed by atoms with Crippen LogP contribution in [0.5, 0.6) is 0 Å². The molecule has 0 aliphatic carbocycles. The van der Waals surface area contributed by atoms with Crippen molar-refractivity contribution in [1.29, 1.82) is 0 Å². The summed E-state index contributed by atoms with van der Waals surface area (Å²) in [6.45, 7) is 1.81. The highest BCUT2D eigenvalue weighted by Crippen LogP contribution is 2.33. The van der Waals surface area contributed by atoms with Crippen molar-refractivity contribution >= 4 is 22.7 Å². The molecule has 0 saturated heterocycles. The minimum atomic E-state index is 0.465. The number of hydrogen-bond donors (Lipinski definition) is 4. The average molecular weight is 230 g/mol. The maximum absolute atomic E-state index is 5.98. The average Bonchev–Trinajstić information content (AvgIpc) is 2.32. The van der Waals surface area contributed by atoms with Crippen molar-refractivity contribution in [2.24, 2.45) is 0 Å². The van der Waals surface area contributed by atoms with E-state index in [4.69, 9.17) is 22.9 Å². The van der Waals surface area contributed by atoms with Crippen LogP contribution >= 0.6 is 0 Å². The third-order valence-electron chi connectivity index (χ3n) is 2.62. The first kappa shape index (κ1) is 11.0. The van der Waals surface area contributed by atoms with Crippen molar-refractivity contribution in [2.75, 3.05) is 22.9 Å². The highest BCUT2D eigenvalue weighted by atomic mass is 14.9. The van der Waals surface area contributed by atoms with Crippen molar-refractivity contribution in [3.63, 3.8) is 0 Å². The topological polar surface area (TPSA) is 130 Å². The summed E-state index contributed by atoms with van der Waals surface area (Å²) >= 11 is 0. The van der Waals surface area contributed by atoms with E-state index in [0.717, 1.165) is 5.56 Å². The molecule has 0 aliphatic rings. The van der Waals surface area contributed by atoms with Gasteiger partial charge in [-0.3, -0.25) is 0 Å². The van der Waals surface area contributed by atoms with Crippen LogP contribution in [-0.2, 0) is 0 Å². The summed E-state index contributed by atoms with van der Waals surface area (Å²) in [5.74, 6) is 0.478. The van der Waals surface area contributed by atoms with Gasteiger partial charge in [0.2, 0.25) is 0 Å². The van der Waals surface area contributed by atoms with Gasteiger partial charge in [-0.2, -0.15) is 0 Å². The van der Waals surface area contributed by atoms with Gasteiger partial charge < -0.3 is 22.9 Å². The Hall–Kier alpha value is -2.50. The lowest BCUT2D eigenvalue weighted by Gasteiger charge is -2.12. The van der Waals surface area contributed by atoms with Gasteiger partial charge >= 0.3 is 0 Å². The van der Waals surface area contributed by atoms with Gasteiger partial charge in [-0.15, -0.1) is 0 Å². The van der Waals surface area contributed by atoms with Crippen LogP contribution < -0.4 is 22.9 Å². The van der Waals surface area contributed by atoms with Gasteiger partial charge in [0.1, 0.15) is 0 Å². The summed E-state index contributed by atoms with van der Waals surface area (Å²) in [5.41, 5.74) is 26.5. The Balaban J connectivity index is 2.64. The van der Waals surface area contributed by atoms with Crippen LogP contribution in [0.2, 0.25) is 0 Å². The molecule has 0 spiro atoms. The monoisotopic (exact) mass is 230 g/mol. The van der Waals surface area contributed by atoms with Crippen molar-refractivity contribution in [2.45, 2.75) is 6.92 Å². The fourth-order valence-electron chi connectivity index (χ4n) is 1.54. The molecule has 6 nitrogen and oxygen atoms in total. The molecule has 0 bridgehead atoms.